The molecule has 2 unspecified atom stereocenters. The van der Waals surface area contributed by atoms with E-state index in [4.69, 9.17) is 10.8 Å². The van der Waals surface area contributed by atoms with Crippen molar-refractivity contribution in [2.45, 2.75) is 31.7 Å². The van der Waals surface area contributed by atoms with Gasteiger partial charge in [0.05, 0.1) is 23.2 Å². The van der Waals surface area contributed by atoms with Crippen molar-refractivity contribution in [2.75, 3.05) is 20.1 Å². The smallest absolute Gasteiger partial charge is 0.305 e. The average molecular weight is 269 g/mol. The highest BCUT2D eigenvalue weighted by Gasteiger charge is 2.26. The summed E-state index contributed by atoms with van der Waals surface area (Å²) >= 11 is 1.58. The first kappa shape index (κ1) is 13.5. The van der Waals surface area contributed by atoms with Gasteiger partial charge in [-0.2, -0.15) is 0 Å². The molecular formula is C12H19N3O2S. The van der Waals surface area contributed by atoms with E-state index >= 15 is 0 Å². The van der Waals surface area contributed by atoms with Crippen LogP contribution in [0.3, 0.4) is 0 Å². The fourth-order valence-electron chi connectivity index (χ4n) is 2.37. The summed E-state index contributed by atoms with van der Waals surface area (Å²) in [5.74, 6) is -0.387. The van der Waals surface area contributed by atoms with Gasteiger partial charge in [-0.1, -0.05) is 0 Å². The first-order valence-electron chi connectivity index (χ1n) is 6.10. The van der Waals surface area contributed by atoms with Crippen LogP contribution in [0.15, 0.2) is 0 Å². The predicted octanol–water partition coefficient (Wildman–Crippen LogP) is 1.35. The van der Waals surface area contributed by atoms with Crippen molar-refractivity contribution >= 4 is 17.3 Å². The van der Waals surface area contributed by atoms with Gasteiger partial charge in [0.1, 0.15) is 0 Å². The van der Waals surface area contributed by atoms with E-state index in [-0.39, 0.29) is 6.42 Å². The molecular weight excluding hydrogens is 250 g/mol. The van der Waals surface area contributed by atoms with Gasteiger partial charge >= 0.3 is 5.97 Å². The van der Waals surface area contributed by atoms with Gasteiger partial charge in [0, 0.05) is 17.3 Å². The number of nitrogens with two attached hydrogens (primary N) is 1. The molecule has 0 aliphatic carbocycles. The molecule has 0 radical (unpaired) electrons. The Hall–Kier alpha value is -0.980. The number of carboxylic acids is 1. The van der Waals surface area contributed by atoms with Crippen molar-refractivity contribution < 1.29 is 9.90 Å². The highest BCUT2D eigenvalue weighted by Crippen LogP contribution is 2.34. The number of thiazole rings is 1. The lowest BCUT2D eigenvalue weighted by Gasteiger charge is -2.07. The van der Waals surface area contributed by atoms with Crippen LogP contribution >= 0.6 is 11.3 Å². The number of hydrogen-bond donors (Lipinski definition) is 2. The van der Waals surface area contributed by atoms with E-state index < -0.39 is 12.0 Å². The Morgan fingerprint density at radius 3 is 3.00 bits per heavy atom. The zero-order chi connectivity index (χ0) is 13.3. The van der Waals surface area contributed by atoms with E-state index in [0.717, 1.165) is 35.1 Å². The van der Waals surface area contributed by atoms with Crippen LogP contribution in [0.25, 0.3) is 0 Å². The lowest BCUT2D eigenvalue weighted by molar-refractivity contribution is -0.137. The number of carboxylic acid groups (broad SMARTS) is 1. The molecule has 0 aromatic carbocycles. The fourth-order valence-corrected chi connectivity index (χ4v) is 3.56. The lowest BCUT2D eigenvalue weighted by atomic mass is 10.1. The molecule has 0 saturated carbocycles. The Bertz CT molecular complexity index is 447. The highest BCUT2D eigenvalue weighted by molar-refractivity contribution is 7.12. The molecule has 5 nitrogen and oxygen atoms in total. The molecule has 1 aromatic rings. The van der Waals surface area contributed by atoms with Gasteiger partial charge in [-0.05, 0) is 26.9 Å². The van der Waals surface area contributed by atoms with E-state index in [0.29, 0.717) is 5.92 Å². The molecule has 0 amide bonds. The Balaban J connectivity index is 2.13. The van der Waals surface area contributed by atoms with E-state index in [2.05, 4.69) is 16.9 Å². The number of likely N-dealkylation sites (N-methyl/N-ethyl adjacent to an activating group) is 1. The monoisotopic (exact) mass is 269 g/mol. The highest BCUT2D eigenvalue weighted by atomic mass is 32.1. The van der Waals surface area contributed by atoms with Crippen molar-refractivity contribution in [3.05, 3.63) is 15.6 Å². The summed E-state index contributed by atoms with van der Waals surface area (Å²) in [6.45, 7) is 4.04. The zero-order valence-corrected chi connectivity index (χ0v) is 11.5. The molecule has 0 spiro atoms. The predicted molar refractivity (Wildman–Crippen MR) is 70.9 cm³/mol. The topological polar surface area (TPSA) is 79.5 Å². The second-order valence-electron chi connectivity index (χ2n) is 4.95. The summed E-state index contributed by atoms with van der Waals surface area (Å²) in [7, 11) is 2.11. The van der Waals surface area contributed by atoms with Gasteiger partial charge in [-0.25, -0.2) is 4.98 Å². The maximum atomic E-state index is 10.7. The number of likely N-dealkylation sites (tertiary alicyclic amines) is 1. The molecule has 1 saturated heterocycles. The van der Waals surface area contributed by atoms with Crippen LogP contribution in [0.5, 0.6) is 0 Å². The number of aliphatic carboxylic acids is 1. The SMILES string of the molecule is Cc1nc(C2CCN(C)C2)sc1C(N)CC(=O)O. The van der Waals surface area contributed by atoms with Crippen LogP contribution in [0.4, 0.5) is 0 Å². The quantitative estimate of drug-likeness (QED) is 0.862. The summed E-state index contributed by atoms with van der Waals surface area (Å²) in [5, 5.41) is 9.89. The van der Waals surface area contributed by atoms with Gasteiger partial charge in [-0.3, -0.25) is 4.79 Å². The minimum absolute atomic E-state index is 0.0347. The van der Waals surface area contributed by atoms with Gasteiger partial charge < -0.3 is 15.7 Å². The zero-order valence-electron chi connectivity index (χ0n) is 10.7. The van der Waals surface area contributed by atoms with Crippen molar-refractivity contribution in [3.8, 4) is 0 Å². The largest absolute Gasteiger partial charge is 0.481 e. The first-order chi connectivity index (χ1) is 8.47. The number of aromatic nitrogens is 1. The van der Waals surface area contributed by atoms with Crippen molar-refractivity contribution in [1.82, 2.24) is 9.88 Å². The van der Waals surface area contributed by atoms with Crippen LogP contribution in [0.1, 0.15) is 40.4 Å². The van der Waals surface area contributed by atoms with E-state index in [9.17, 15) is 4.79 Å². The molecule has 6 heteroatoms. The third-order valence-corrected chi connectivity index (χ3v) is 4.77. The molecule has 2 rings (SSSR count). The van der Waals surface area contributed by atoms with E-state index in [1.165, 1.54) is 0 Å². The summed E-state index contributed by atoms with van der Waals surface area (Å²) in [6.07, 6.45) is 1.09. The van der Waals surface area contributed by atoms with E-state index in [1.54, 1.807) is 11.3 Å². The number of nitrogens with zero attached hydrogens (tertiary/aromatic N) is 2. The number of rotatable bonds is 4. The lowest BCUT2D eigenvalue weighted by Crippen LogP contribution is -2.14. The summed E-state index contributed by atoms with van der Waals surface area (Å²) in [4.78, 5) is 18.5. The van der Waals surface area contributed by atoms with Crippen molar-refractivity contribution in [2.24, 2.45) is 5.73 Å². The standard InChI is InChI=1S/C12H19N3O2S/c1-7-11(9(13)5-10(16)17)18-12(14-7)8-3-4-15(2)6-8/h8-9H,3-6,13H2,1-2H3,(H,16,17). The minimum Gasteiger partial charge on any atom is -0.481 e. The van der Waals surface area contributed by atoms with Gasteiger partial charge in [-0.15, -0.1) is 11.3 Å². The Morgan fingerprint density at radius 1 is 1.72 bits per heavy atom. The molecule has 3 N–H and O–H groups in total. The molecule has 1 aliphatic rings. The maximum absolute atomic E-state index is 10.7. The van der Waals surface area contributed by atoms with Gasteiger partial charge in [0.2, 0.25) is 0 Å². The van der Waals surface area contributed by atoms with Crippen LogP contribution in [0, 0.1) is 6.92 Å². The number of aryl methyl sites for hydroxylation is 1. The third kappa shape index (κ3) is 2.88. The molecule has 2 atom stereocenters. The maximum Gasteiger partial charge on any atom is 0.305 e. The van der Waals surface area contributed by atoms with Crippen molar-refractivity contribution in [1.29, 1.82) is 0 Å². The molecule has 1 aliphatic heterocycles. The first-order valence-corrected chi connectivity index (χ1v) is 6.92. The van der Waals surface area contributed by atoms with Gasteiger partial charge in [0.15, 0.2) is 0 Å². The third-order valence-electron chi connectivity index (χ3n) is 3.32. The second kappa shape index (κ2) is 5.34. The molecule has 1 aromatic heterocycles. The second-order valence-corrected chi connectivity index (χ2v) is 6.02. The van der Waals surface area contributed by atoms with Crippen molar-refractivity contribution in [3.63, 3.8) is 0 Å². The molecule has 2 heterocycles. The Kier molecular flexibility index (Phi) is 3.99. The van der Waals surface area contributed by atoms with Gasteiger partial charge in [0.25, 0.3) is 0 Å². The Labute approximate surface area is 111 Å². The summed E-state index contributed by atoms with van der Waals surface area (Å²) in [6, 6.07) is -0.437. The van der Waals surface area contributed by atoms with E-state index in [1.807, 2.05) is 6.92 Å². The van der Waals surface area contributed by atoms with Crippen LogP contribution in [0.2, 0.25) is 0 Å². The molecule has 1 fully saturated rings. The summed E-state index contributed by atoms with van der Waals surface area (Å²) in [5.41, 5.74) is 6.80. The molecule has 0 bridgehead atoms. The van der Waals surface area contributed by atoms with Crippen LogP contribution < -0.4 is 5.73 Å². The Morgan fingerprint density at radius 2 is 2.44 bits per heavy atom. The molecule has 18 heavy (non-hydrogen) atoms. The van der Waals surface area contributed by atoms with Crippen LogP contribution in [-0.4, -0.2) is 41.1 Å². The molecule has 100 valence electrons. The summed E-state index contributed by atoms with van der Waals surface area (Å²) < 4.78 is 0. The fraction of sp³-hybridized carbons (Fsp3) is 0.667. The van der Waals surface area contributed by atoms with Crippen LogP contribution in [-0.2, 0) is 4.79 Å². The number of hydrogen-bond acceptors (Lipinski definition) is 5. The number of carbonyl (C=O) groups is 1. The average Bonchev–Trinajstić information content (AvgIpc) is 2.83. The normalized spacial score (nSPS) is 22.3. The minimum atomic E-state index is -0.863.